The number of aryl methyl sites for hydroxylation is 1. The van der Waals surface area contributed by atoms with Crippen molar-refractivity contribution in [2.24, 2.45) is 0 Å². The first-order chi connectivity index (χ1) is 16.7. The van der Waals surface area contributed by atoms with Gasteiger partial charge in [-0.25, -0.2) is 8.42 Å². The van der Waals surface area contributed by atoms with E-state index in [1.54, 1.807) is 13.1 Å². The summed E-state index contributed by atoms with van der Waals surface area (Å²) in [6, 6.07) is 21.0. The molecule has 1 aromatic heterocycles. The normalized spacial score (nSPS) is 11.5. The number of fused-ring (bicyclic) bond motifs is 1. The van der Waals surface area contributed by atoms with Gasteiger partial charge in [-0.1, -0.05) is 73.5 Å². The summed E-state index contributed by atoms with van der Waals surface area (Å²) in [7, 11) is -1.97. The van der Waals surface area contributed by atoms with Gasteiger partial charge in [0.05, 0.1) is 17.5 Å². The smallest absolute Gasteiger partial charge is 0.255 e. The molecule has 0 saturated heterocycles. The summed E-state index contributed by atoms with van der Waals surface area (Å²) in [5.41, 5.74) is 4.87. The number of benzene rings is 3. The second-order valence-electron chi connectivity index (χ2n) is 8.67. The van der Waals surface area contributed by atoms with E-state index in [4.69, 9.17) is 4.42 Å². The van der Waals surface area contributed by atoms with Crippen molar-refractivity contribution in [2.75, 3.05) is 24.2 Å². The summed E-state index contributed by atoms with van der Waals surface area (Å²) in [6.07, 6.45) is 2.79. The van der Waals surface area contributed by atoms with E-state index in [1.165, 1.54) is 10.6 Å². The second kappa shape index (κ2) is 9.96. The molecule has 0 atom stereocenters. The van der Waals surface area contributed by atoms with Gasteiger partial charge < -0.3 is 9.73 Å². The Morgan fingerprint density at radius 1 is 1.00 bits per heavy atom. The van der Waals surface area contributed by atoms with Crippen LogP contribution in [0.15, 0.2) is 71.1 Å². The second-order valence-corrected chi connectivity index (χ2v) is 10.6. The van der Waals surface area contributed by atoms with Gasteiger partial charge in [0.25, 0.3) is 5.91 Å². The number of hydrogen-bond donors (Lipinski definition) is 1. The van der Waals surface area contributed by atoms with Crippen LogP contribution in [0.2, 0.25) is 0 Å². The molecule has 0 aliphatic carbocycles. The summed E-state index contributed by atoms with van der Waals surface area (Å²) >= 11 is 0. The summed E-state index contributed by atoms with van der Waals surface area (Å²) in [5.74, 6) is 0.187. The molecule has 0 radical (unpaired) electrons. The van der Waals surface area contributed by atoms with Crippen molar-refractivity contribution in [1.82, 2.24) is 5.32 Å². The predicted molar refractivity (Wildman–Crippen MR) is 142 cm³/mol. The van der Waals surface area contributed by atoms with E-state index in [0.29, 0.717) is 34.5 Å². The molecule has 7 heteroatoms. The van der Waals surface area contributed by atoms with E-state index >= 15 is 0 Å². The van der Waals surface area contributed by atoms with Crippen molar-refractivity contribution < 1.29 is 17.6 Å². The topological polar surface area (TPSA) is 79.6 Å². The molecule has 0 unspecified atom stereocenters. The van der Waals surface area contributed by atoms with Crippen LogP contribution in [0.5, 0.6) is 0 Å². The van der Waals surface area contributed by atoms with Gasteiger partial charge in [-0.2, -0.15) is 0 Å². The molecule has 0 fully saturated rings. The van der Waals surface area contributed by atoms with Crippen molar-refractivity contribution in [3.8, 4) is 22.5 Å². The molecule has 35 heavy (non-hydrogen) atoms. The zero-order valence-electron chi connectivity index (χ0n) is 20.5. The zero-order chi connectivity index (χ0) is 25.2. The van der Waals surface area contributed by atoms with Gasteiger partial charge in [-0.15, -0.1) is 0 Å². The van der Waals surface area contributed by atoms with Crippen LogP contribution in [0.3, 0.4) is 0 Å². The van der Waals surface area contributed by atoms with Crippen molar-refractivity contribution in [3.63, 3.8) is 0 Å². The fourth-order valence-electron chi connectivity index (χ4n) is 4.21. The van der Waals surface area contributed by atoms with Gasteiger partial charge >= 0.3 is 0 Å². The third-order valence-corrected chi connectivity index (χ3v) is 7.22. The van der Waals surface area contributed by atoms with E-state index in [0.717, 1.165) is 35.1 Å². The van der Waals surface area contributed by atoms with Gasteiger partial charge in [0.15, 0.2) is 0 Å². The number of nitrogens with zero attached hydrogens (tertiary/aromatic N) is 1. The molecular weight excluding hydrogens is 460 g/mol. The third-order valence-electron chi connectivity index (χ3n) is 6.04. The Morgan fingerprint density at radius 3 is 2.29 bits per heavy atom. The molecule has 3 aromatic carbocycles. The number of hydrogen-bond acceptors (Lipinski definition) is 4. The molecule has 0 saturated carbocycles. The minimum Gasteiger partial charge on any atom is -0.455 e. The van der Waals surface area contributed by atoms with Crippen LogP contribution in [0.25, 0.3) is 33.4 Å². The van der Waals surface area contributed by atoms with Crippen LogP contribution in [0.1, 0.15) is 35.7 Å². The summed E-state index contributed by atoms with van der Waals surface area (Å²) in [4.78, 5) is 13.0. The predicted octanol–water partition coefficient (Wildman–Crippen LogP) is 6.00. The van der Waals surface area contributed by atoms with E-state index in [2.05, 4.69) is 5.32 Å². The van der Waals surface area contributed by atoms with Gasteiger partial charge in [0, 0.05) is 36.2 Å². The minimum absolute atomic E-state index is 0.267. The van der Waals surface area contributed by atoms with Gasteiger partial charge in [-0.3, -0.25) is 9.10 Å². The van der Waals surface area contributed by atoms with Gasteiger partial charge in [-0.05, 0) is 25.0 Å². The van der Waals surface area contributed by atoms with Crippen molar-refractivity contribution >= 4 is 32.6 Å². The molecule has 6 nitrogen and oxygen atoms in total. The number of amides is 1. The van der Waals surface area contributed by atoms with Crippen molar-refractivity contribution in [2.45, 2.75) is 26.7 Å². The highest BCUT2D eigenvalue weighted by atomic mass is 32.2. The Hall–Kier alpha value is -3.58. The first-order valence-electron chi connectivity index (χ1n) is 11.7. The Balaban J connectivity index is 2.06. The molecule has 4 rings (SSSR count). The lowest BCUT2D eigenvalue weighted by Gasteiger charge is -2.25. The molecule has 1 amide bonds. The highest BCUT2D eigenvalue weighted by molar-refractivity contribution is 7.92. The number of carbonyl (C=O) groups is 1. The lowest BCUT2D eigenvalue weighted by molar-refractivity contribution is 0.0964. The van der Waals surface area contributed by atoms with Crippen molar-refractivity contribution in [3.05, 3.63) is 77.9 Å². The molecule has 0 bridgehead atoms. The molecule has 1 heterocycles. The number of nitrogens with one attached hydrogen (secondary N) is 1. The standard InChI is InChI=1S/C28H30N2O4S/c1-5-6-16-30(35(4,32)33)24-18-25-23(17-22(24)20-10-8-7-9-11-20)26(28(31)29-3)27(34-25)21-14-12-19(2)13-15-21/h7-15,17-18H,5-6,16H2,1-4H3,(H,29,31). The van der Waals surface area contributed by atoms with Gasteiger partial charge in [0.2, 0.25) is 10.0 Å². The summed E-state index contributed by atoms with van der Waals surface area (Å²) < 4.78 is 33.4. The molecule has 1 N–H and O–H groups in total. The maximum atomic E-state index is 13.0. The Morgan fingerprint density at radius 2 is 1.69 bits per heavy atom. The van der Waals surface area contributed by atoms with Crippen LogP contribution >= 0.6 is 0 Å². The average molecular weight is 491 g/mol. The van der Waals surface area contributed by atoms with Crippen LogP contribution in [-0.2, 0) is 10.0 Å². The molecule has 0 aliphatic rings. The molecule has 0 spiro atoms. The van der Waals surface area contributed by atoms with Crippen LogP contribution in [0.4, 0.5) is 5.69 Å². The number of sulfonamides is 1. The van der Waals surface area contributed by atoms with Crippen LogP contribution in [-0.4, -0.2) is 34.2 Å². The Kier molecular flexibility index (Phi) is 6.98. The highest BCUT2D eigenvalue weighted by Crippen LogP contribution is 2.41. The van der Waals surface area contributed by atoms with Gasteiger partial charge in [0.1, 0.15) is 11.3 Å². The zero-order valence-corrected chi connectivity index (χ0v) is 21.3. The largest absolute Gasteiger partial charge is 0.455 e. The maximum absolute atomic E-state index is 13.0. The van der Waals surface area contributed by atoms with E-state index in [-0.39, 0.29) is 5.91 Å². The SMILES string of the molecule is CCCCN(c1cc2oc(-c3ccc(C)cc3)c(C(=O)NC)c2cc1-c1ccccc1)S(C)(=O)=O. The Bertz CT molecular complexity index is 1460. The van der Waals surface area contributed by atoms with E-state index in [1.807, 2.05) is 74.5 Å². The summed E-state index contributed by atoms with van der Waals surface area (Å²) in [5, 5.41) is 3.36. The number of anilines is 1. The average Bonchev–Trinajstić information content (AvgIpc) is 3.22. The fraction of sp³-hybridized carbons (Fsp3) is 0.250. The highest BCUT2D eigenvalue weighted by Gasteiger charge is 2.27. The van der Waals surface area contributed by atoms with Crippen LogP contribution < -0.4 is 9.62 Å². The number of unbranched alkanes of at least 4 members (excludes halogenated alkanes) is 1. The number of carbonyl (C=O) groups excluding carboxylic acids is 1. The van der Waals surface area contributed by atoms with E-state index in [9.17, 15) is 13.2 Å². The quantitative estimate of drug-likeness (QED) is 0.328. The molecule has 182 valence electrons. The number of rotatable bonds is 8. The molecule has 4 aromatic rings. The first kappa shape index (κ1) is 24.5. The molecular formula is C28H30N2O4S. The lowest BCUT2D eigenvalue weighted by atomic mass is 9.98. The van der Waals surface area contributed by atoms with Crippen LogP contribution in [0, 0.1) is 6.92 Å². The summed E-state index contributed by atoms with van der Waals surface area (Å²) in [6.45, 7) is 4.38. The maximum Gasteiger partial charge on any atom is 0.255 e. The van der Waals surface area contributed by atoms with E-state index < -0.39 is 10.0 Å². The lowest BCUT2D eigenvalue weighted by Crippen LogP contribution is -2.31. The first-order valence-corrected chi connectivity index (χ1v) is 13.5. The van der Waals surface area contributed by atoms with Crippen molar-refractivity contribution in [1.29, 1.82) is 0 Å². The monoisotopic (exact) mass is 490 g/mol. The number of furan rings is 1. The Labute approximate surface area is 206 Å². The minimum atomic E-state index is -3.56. The molecule has 0 aliphatic heterocycles. The fourth-order valence-corrected chi connectivity index (χ4v) is 5.18. The third kappa shape index (κ3) is 4.95.